The highest BCUT2D eigenvalue weighted by Crippen LogP contribution is 2.17. The lowest BCUT2D eigenvalue weighted by atomic mass is 9.98. The van der Waals surface area contributed by atoms with Gasteiger partial charge in [-0.15, -0.1) is 0 Å². The maximum Gasteiger partial charge on any atom is 0.0277 e. The molecule has 1 fully saturated rings. The minimum atomic E-state index is 0.278. The summed E-state index contributed by atoms with van der Waals surface area (Å²) in [7, 11) is 0. The molecule has 1 heterocycles. The van der Waals surface area contributed by atoms with Gasteiger partial charge in [-0.3, -0.25) is 4.90 Å². The molecular weight excluding hydrogens is 232 g/mol. The number of benzene rings is 1. The molecule has 0 amide bonds. The van der Waals surface area contributed by atoms with Crippen LogP contribution in [0.4, 0.5) is 0 Å². The summed E-state index contributed by atoms with van der Waals surface area (Å²) < 4.78 is 0. The molecule has 2 heteroatoms. The van der Waals surface area contributed by atoms with E-state index >= 15 is 0 Å². The molecule has 0 aliphatic carbocycles. The Labute approximate surface area is 118 Å². The van der Waals surface area contributed by atoms with Crippen LogP contribution in [0, 0.1) is 0 Å². The molecule has 1 N–H and O–H groups in total. The number of hydrogen-bond acceptors (Lipinski definition) is 2. The lowest BCUT2D eigenvalue weighted by Crippen LogP contribution is -2.48. The normalized spacial score (nSPS) is 25.2. The van der Waals surface area contributed by atoms with Gasteiger partial charge in [0, 0.05) is 18.6 Å². The van der Waals surface area contributed by atoms with E-state index in [4.69, 9.17) is 0 Å². The van der Waals surface area contributed by atoms with E-state index in [9.17, 15) is 0 Å². The monoisotopic (exact) mass is 260 g/mol. The summed E-state index contributed by atoms with van der Waals surface area (Å²) in [6.07, 6.45) is 3.57. The van der Waals surface area contributed by atoms with Gasteiger partial charge in [0.15, 0.2) is 0 Å². The third-order valence-electron chi connectivity index (χ3n) is 4.39. The van der Waals surface area contributed by atoms with Gasteiger partial charge in [0.1, 0.15) is 0 Å². The maximum absolute atomic E-state index is 3.70. The number of nitrogens with one attached hydrogen (secondary N) is 1. The van der Waals surface area contributed by atoms with E-state index in [1.165, 1.54) is 30.5 Å². The van der Waals surface area contributed by atoms with E-state index in [1.54, 1.807) is 0 Å². The van der Waals surface area contributed by atoms with Crippen LogP contribution in [0.2, 0.25) is 0 Å². The standard InChI is InChI=1S/C17H28N2/c1-4-15-7-9-16(10-8-15)13-19-12-6-11-18-17(3,5-2)14-19/h7-10,18H,4-6,11-14H2,1-3H3. The fraction of sp³-hybridized carbons (Fsp3) is 0.647. The van der Waals surface area contributed by atoms with Gasteiger partial charge < -0.3 is 5.32 Å². The zero-order valence-corrected chi connectivity index (χ0v) is 12.7. The number of aryl methyl sites for hydroxylation is 1. The molecule has 0 spiro atoms. The van der Waals surface area contributed by atoms with Crippen LogP contribution in [0.25, 0.3) is 0 Å². The zero-order chi connectivity index (χ0) is 13.7. The Morgan fingerprint density at radius 1 is 1.16 bits per heavy atom. The van der Waals surface area contributed by atoms with Crippen molar-refractivity contribution in [3.8, 4) is 0 Å². The average molecular weight is 260 g/mol. The summed E-state index contributed by atoms with van der Waals surface area (Å²) in [5, 5.41) is 3.70. The van der Waals surface area contributed by atoms with E-state index in [1.807, 2.05) is 0 Å². The smallest absolute Gasteiger partial charge is 0.0277 e. The molecule has 0 aromatic heterocycles. The van der Waals surface area contributed by atoms with Crippen LogP contribution in [0.1, 0.15) is 44.7 Å². The summed E-state index contributed by atoms with van der Waals surface area (Å²) in [5.74, 6) is 0. The highest BCUT2D eigenvalue weighted by Gasteiger charge is 2.26. The molecule has 0 saturated carbocycles. The fourth-order valence-electron chi connectivity index (χ4n) is 2.83. The molecule has 1 saturated heterocycles. The Bertz CT molecular complexity index is 385. The van der Waals surface area contributed by atoms with Crippen LogP contribution in [0.3, 0.4) is 0 Å². The van der Waals surface area contributed by atoms with E-state index in [-0.39, 0.29) is 5.54 Å². The minimum Gasteiger partial charge on any atom is -0.310 e. The van der Waals surface area contributed by atoms with Crippen molar-refractivity contribution < 1.29 is 0 Å². The second-order valence-corrected chi connectivity index (χ2v) is 6.08. The zero-order valence-electron chi connectivity index (χ0n) is 12.7. The molecular formula is C17H28N2. The first kappa shape index (κ1) is 14.5. The molecule has 1 aromatic rings. The summed E-state index contributed by atoms with van der Waals surface area (Å²) >= 11 is 0. The van der Waals surface area contributed by atoms with Gasteiger partial charge in [-0.05, 0) is 50.4 Å². The van der Waals surface area contributed by atoms with Crippen molar-refractivity contribution in [1.29, 1.82) is 0 Å². The quantitative estimate of drug-likeness (QED) is 0.894. The topological polar surface area (TPSA) is 15.3 Å². The molecule has 2 rings (SSSR count). The molecule has 1 aliphatic heterocycles. The Morgan fingerprint density at radius 3 is 2.47 bits per heavy atom. The molecule has 19 heavy (non-hydrogen) atoms. The molecule has 1 unspecified atom stereocenters. The lowest BCUT2D eigenvalue weighted by Gasteiger charge is -2.32. The highest BCUT2D eigenvalue weighted by atomic mass is 15.2. The predicted molar refractivity (Wildman–Crippen MR) is 82.4 cm³/mol. The molecule has 2 nitrogen and oxygen atoms in total. The van der Waals surface area contributed by atoms with Crippen LogP contribution in [0.15, 0.2) is 24.3 Å². The Hall–Kier alpha value is -0.860. The Balaban J connectivity index is 2.00. The molecule has 1 aromatic carbocycles. The highest BCUT2D eigenvalue weighted by molar-refractivity contribution is 5.22. The molecule has 1 atom stereocenters. The van der Waals surface area contributed by atoms with Crippen molar-refractivity contribution in [3.63, 3.8) is 0 Å². The molecule has 1 aliphatic rings. The number of hydrogen-bond donors (Lipinski definition) is 1. The number of nitrogens with zero attached hydrogens (tertiary/aromatic N) is 1. The third-order valence-corrected chi connectivity index (χ3v) is 4.39. The summed E-state index contributed by atoms with van der Waals surface area (Å²) in [6.45, 7) is 11.4. The van der Waals surface area contributed by atoms with Crippen molar-refractivity contribution >= 4 is 0 Å². The van der Waals surface area contributed by atoms with Gasteiger partial charge in [0.25, 0.3) is 0 Å². The van der Waals surface area contributed by atoms with Crippen molar-refractivity contribution in [2.24, 2.45) is 0 Å². The van der Waals surface area contributed by atoms with Gasteiger partial charge in [-0.1, -0.05) is 38.1 Å². The molecule has 0 bridgehead atoms. The van der Waals surface area contributed by atoms with Gasteiger partial charge in [0.2, 0.25) is 0 Å². The summed E-state index contributed by atoms with van der Waals surface area (Å²) in [6, 6.07) is 9.12. The van der Waals surface area contributed by atoms with E-state index in [0.717, 1.165) is 26.1 Å². The van der Waals surface area contributed by atoms with Crippen LogP contribution in [-0.4, -0.2) is 30.1 Å². The van der Waals surface area contributed by atoms with E-state index in [2.05, 4.69) is 55.3 Å². The molecule has 0 radical (unpaired) electrons. The van der Waals surface area contributed by atoms with Gasteiger partial charge >= 0.3 is 0 Å². The molecule has 106 valence electrons. The van der Waals surface area contributed by atoms with Crippen molar-refractivity contribution in [2.75, 3.05) is 19.6 Å². The van der Waals surface area contributed by atoms with Crippen molar-refractivity contribution in [3.05, 3.63) is 35.4 Å². The predicted octanol–water partition coefficient (Wildman–Crippen LogP) is 3.21. The van der Waals surface area contributed by atoms with Crippen LogP contribution < -0.4 is 5.32 Å². The first-order valence-electron chi connectivity index (χ1n) is 7.70. The maximum atomic E-state index is 3.70. The minimum absolute atomic E-state index is 0.278. The Kier molecular flexibility index (Phi) is 5.00. The van der Waals surface area contributed by atoms with Gasteiger partial charge in [0.05, 0.1) is 0 Å². The summed E-state index contributed by atoms with van der Waals surface area (Å²) in [5.41, 5.74) is 3.15. The first-order valence-corrected chi connectivity index (χ1v) is 7.70. The fourth-order valence-corrected chi connectivity index (χ4v) is 2.83. The van der Waals surface area contributed by atoms with Crippen LogP contribution >= 0.6 is 0 Å². The first-order chi connectivity index (χ1) is 9.15. The van der Waals surface area contributed by atoms with Gasteiger partial charge in [-0.2, -0.15) is 0 Å². The van der Waals surface area contributed by atoms with E-state index in [0.29, 0.717) is 0 Å². The van der Waals surface area contributed by atoms with Crippen LogP contribution in [-0.2, 0) is 13.0 Å². The number of rotatable bonds is 4. The van der Waals surface area contributed by atoms with Crippen molar-refractivity contribution in [2.45, 2.75) is 52.1 Å². The largest absolute Gasteiger partial charge is 0.310 e. The Morgan fingerprint density at radius 2 is 1.84 bits per heavy atom. The van der Waals surface area contributed by atoms with Crippen LogP contribution in [0.5, 0.6) is 0 Å². The third kappa shape index (κ3) is 4.05. The second-order valence-electron chi connectivity index (χ2n) is 6.08. The second kappa shape index (κ2) is 6.53. The average Bonchev–Trinajstić information content (AvgIpc) is 2.62. The van der Waals surface area contributed by atoms with E-state index < -0.39 is 0 Å². The van der Waals surface area contributed by atoms with Gasteiger partial charge in [-0.25, -0.2) is 0 Å². The lowest BCUT2D eigenvalue weighted by molar-refractivity contribution is 0.208. The van der Waals surface area contributed by atoms with Crippen molar-refractivity contribution in [1.82, 2.24) is 10.2 Å². The SMILES string of the molecule is CCc1ccc(CN2CCCNC(C)(CC)C2)cc1. The summed E-state index contributed by atoms with van der Waals surface area (Å²) in [4.78, 5) is 2.60.